The summed E-state index contributed by atoms with van der Waals surface area (Å²) in [4.78, 5) is 12.0. The molecule has 0 spiro atoms. The molecule has 0 aliphatic heterocycles. The Balaban J connectivity index is 2.40. The number of ether oxygens (including phenoxy) is 1. The molecule has 0 radical (unpaired) electrons. The zero-order chi connectivity index (χ0) is 10.6. The first-order valence-electron chi connectivity index (χ1n) is 4.51. The van der Waals surface area contributed by atoms with E-state index in [9.17, 15) is 4.79 Å². The molecule has 0 aliphatic carbocycles. The Labute approximate surface area is 82.2 Å². The molecule has 1 aromatic heterocycles. The van der Waals surface area contributed by atoms with Crippen LogP contribution < -0.4 is 0 Å². The standard InChI is InChI=1S/C8H14N4O2/c1-6(2)12-10-8(9-11-12)4-5-14-7(3)13/h6H,4-5H2,1-3H3. The lowest BCUT2D eigenvalue weighted by Gasteiger charge is -1.99. The first kappa shape index (κ1) is 10.6. The number of carbonyl (C=O) groups excluding carboxylic acids is 1. The third-order valence-electron chi connectivity index (χ3n) is 1.56. The van der Waals surface area contributed by atoms with E-state index in [0.29, 0.717) is 18.9 Å². The van der Waals surface area contributed by atoms with Gasteiger partial charge in [-0.2, -0.15) is 4.80 Å². The number of aromatic nitrogens is 4. The van der Waals surface area contributed by atoms with Gasteiger partial charge in [-0.05, 0) is 19.1 Å². The van der Waals surface area contributed by atoms with Crippen molar-refractivity contribution in [1.29, 1.82) is 0 Å². The van der Waals surface area contributed by atoms with Crippen LogP contribution in [0.3, 0.4) is 0 Å². The van der Waals surface area contributed by atoms with Gasteiger partial charge in [0.05, 0.1) is 12.6 Å². The number of carbonyl (C=O) groups is 1. The van der Waals surface area contributed by atoms with Crippen LogP contribution in [-0.2, 0) is 16.0 Å². The smallest absolute Gasteiger partial charge is 0.302 e. The maximum atomic E-state index is 10.5. The Morgan fingerprint density at radius 2 is 2.29 bits per heavy atom. The lowest BCUT2D eigenvalue weighted by atomic mass is 10.4. The predicted molar refractivity (Wildman–Crippen MR) is 48.5 cm³/mol. The number of hydrogen-bond donors (Lipinski definition) is 0. The van der Waals surface area contributed by atoms with Crippen LogP contribution in [0.1, 0.15) is 32.6 Å². The molecule has 0 atom stereocenters. The summed E-state index contributed by atoms with van der Waals surface area (Å²) in [6, 6.07) is 0.199. The summed E-state index contributed by atoms with van der Waals surface area (Å²) in [5.41, 5.74) is 0. The topological polar surface area (TPSA) is 69.9 Å². The van der Waals surface area contributed by atoms with Gasteiger partial charge in [-0.3, -0.25) is 4.79 Å². The Morgan fingerprint density at radius 3 is 2.79 bits per heavy atom. The molecule has 0 aliphatic rings. The van der Waals surface area contributed by atoms with Gasteiger partial charge in [0.2, 0.25) is 0 Å². The van der Waals surface area contributed by atoms with E-state index >= 15 is 0 Å². The van der Waals surface area contributed by atoms with Gasteiger partial charge >= 0.3 is 5.97 Å². The van der Waals surface area contributed by atoms with Crippen LogP contribution in [-0.4, -0.2) is 32.8 Å². The number of tetrazole rings is 1. The highest BCUT2D eigenvalue weighted by Gasteiger charge is 2.05. The van der Waals surface area contributed by atoms with Gasteiger partial charge in [-0.25, -0.2) is 0 Å². The van der Waals surface area contributed by atoms with Gasteiger partial charge in [-0.15, -0.1) is 10.2 Å². The van der Waals surface area contributed by atoms with Crippen LogP contribution in [0.2, 0.25) is 0 Å². The average Bonchev–Trinajstić information content (AvgIpc) is 2.52. The highest BCUT2D eigenvalue weighted by molar-refractivity contribution is 5.65. The summed E-state index contributed by atoms with van der Waals surface area (Å²) >= 11 is 0. The molecule has 6 heteroatoms. The lowest BCUT2D eigenvalue weighted by Crippen LogP contribution is -2.07. The SMILES string of the molecule is CC(=O)OCCc1nnn(C(C)C)n1. The van der Waals surface area contributed by atoms with Crippen LogP contribution in [0.25, 0.3) is 0 Å². The molecule has 1 heterocycles. The fourth-order valence-corrected chi connectivity index (χ4v) is 0.861. The van der Waals surface area contributed by atoms with E-state index in [4.69, 9.17) is 4.74 Å². The molecular formula is C8H14N4O2. The number of nitrogens with zero attached hydrogens (tertiary/aromatic N) is 4. The monoisotopic (exact) mass is 198 g/mol. The van der Waals surface area contributed by atoms with Crippen molar-refractivity contribution >= 4 is 5.97 Å². The first-order valence-corrected chi connectivity index (χ1v) is 4.51. The molecule has 0 saturated heterocycles. The van der Waals surface area contributed by atoms with Crippen molar-refractivity contribution in [3.05, 3.63) is 5.82 Å². The van der Waals surface area contributed by atoms with Crippen LogP contribution in [0.15, 0.2) is 0 Å². The second kappa shape index (κ2) is 4.69. The van der Waals surface area contributed by atoms with E-state index in [1.54, 1.807) is 0 Å². The summed E-state index contributed by atoms with van der Waals surface area (Å²) < 4.78 is 4.76. The maximum Gasteiger partial charge on any atom is 0.302 e. The fraction of sp³-hybridized carbons (Fsp3) is 0.750. The van der Waals surface area contributed by atoms with Crippen molar-refractivity contribution in [3.63, 3.8) is 0 Å². The largest absolute Gasteiger partial charge is 0.465 e. The summed E-state index contributed by atoms with van der Waals surface area (Å²) in [7, 11) is 0. The average molecular weight is 198 g/mol. The zero-order valence-corrected chi connectivity index (χ0v) is 8.60. The van der Waals surface area contributed by atoms with Gasteiger partial charge in [0.25, 0.3) is 0 Å². The minimum atomic E-state index is -0.291. The van der Waals surface area contributed by atoms with E-state index in [2.05, 4.69) is 15.4 Å². The second-order valence-electron chi connectivity index (χ2n) is 3.21. The van der Waals surface area contributed by atoms with Gasteiger partial charge in [0.15, 0.2) is 5.82 Å². The number of esters is 1. The molecule has 0 saturated carbocycles. The van der Waals surface area contributed by atoms with Gasteiger partial charge < -0.3 is 4.74 Å². The molecule has 0 bridgehead atoms. The Hall–Kier alpha value is -1.46. The van der Waals surface area contributed by atoms with Crippen LogP contribution in [0.4, 0.5) is 0 Å². The lowest BCUT2D eigenvalue weighted by molar-refractivity contribution is -0.140. The minimum absolute atomic E-state index is 0.199. The highest BCUT2D eigenvalue weighted by Crippen LogP contribution is 1.98. The molecule has 0 fully saturated rings. The van der Waals surface area contributed by atoms with Crippen molar-refractivity contribution in [2.45, 2.75) is 33.2 Å². The van der Waals surface area contributed by atoms with Crippen molar-refractivity contribution in [2.75, 3.05) is 6.61 Å². The third-order valence-corrected chi connectivity index (χ3v) is 1.56. The van der Waals surface area contributed by atoms with E-state index in [1.807, 2.05) is 13.8 Å². The van der Waals surface area contributed by atoms with Gasteiger partial charge in [0, 0.05) is 13.3 Å². The molecule has 6 nitrogen and oxygen atoms in total. The highest BCUT2D eigenvalue weighted by atomic mass is 16.5. The van der Waals surface area contributed by atoms with Crippen molar-refractivity contribution in [2.24, 2.45) is 0 Å². The van der Waals surface area contributed by atoms with Crippen molar-refractivity contribution < 1.29 is 9.53 Å². The molecule has 0 unspecified atom stereocenters. The second-order valence-corrected chi connectivity index (χ2v) is 3.21. The van der Waals surface area contributed by atoms with E-state index < -0.39 is 0 Å². The van der Waals surface area contributed by atoms with Gasteiger partial charge in [-0.1, -0.05) is 0 Å². The number of hydrogen-bond acceptors (Lipinski definition) is 5. The van der Waals surface area contributed by atoms with E-state index in [1.165, 1.54) is 11.7 Å². The molecule has 0 aromatic carbocycles. The Morgan fingerprint density at radius 1 is 1.57 bits per heavy atom. The summed E-state index contributed by atoms with van der Waals surface area (Å²) in [5.74, 6) is 0.307. The molecule has 0 N–H and O–H groups in total. The Kier molecular flexibility index (Phi) is 3.55. The van der Waals surface area contributed by atoms with Crippen LogP contribution in [0, 0.1) is 0 Å². The van der Waals surface area contributed by atoms with E-state index in [-0.39, 0.29) is 12.0 Å². The van der Waals surface area contributed by atoms with E-state index in [0.717, 1.165) is 0 Å². The van der Waals surface area contributed by atoms with Gasteiger partial charge in [0.1, 0.15) is 0 Å². The van der Waals surface area contributed by atoms with Crippen molar-refractivity contribution in [1.82, 2.24) is 20.2 Å². The summed E-state index contributed by atoms with van der Waals surface area (Å²) in [6.07, 6.45) is 0.506. The number of rotatable bonds is 4. The predicted octanol–water partition coefficient (Wildman–Crippen LogP) is 0.360. The molecule has 14 heavy (non-hydrogen) atoms. The molecule has 78 valence electrons. The Bertz CT molecular complexity index is 308. The molecule has 0 amide bonds. The van der Waals surface area contributed by atoms with Crippen LogP contribution in [0.5, 0.6) is 0 Å². The maximum absolute atomic E-state index is 10.5. The van der Waals surface area contributed by atoms with Crippen molar-refractivity contribution in [3.8, 4) is 0 Å². The normalized spacial score (nSPS) is 10.6. The summed E-state index contributed by atoms with van der Waals surface area (Å²) in [6.45, 7) is 5.62. The third kappa shape index (κ3) is 3.12. The summed E-state index contributed by atoms with van der Waals surface area (Å²) in [5, 5.41) is 11.8. The zero-order valence-electron chi connectivity index (χ0n) is 8.60. The quantitative estimate of drug-likeness (QED) is 0.653. The molecular weight excluding hydrogens is 184 g/mol. The molecule has 1 aromatic rings. The van der Waals surface area contributed by atoms with Crippen LogP contribution >= 0.6 is 0 Å². The fourth-order valence-electron chi connectivity index (χ4n) is 0.861. The molecule has 1 rings (SSSR count). The first-order chi connectivity index (χ1) is 6.59. The minimum Gasteiger partial charge on any atom is -0.465 e.